The quantitative estimate of drug-likeness (QED) is 0.840. The summed E-state index contributed by atoms with van der Waals surface area (Å²) in [4.78, 5) is 0. The Hall–Kier alpha value is -1.73. The highest BCUT2D eigenvalue weighted by molar-refractivity contribution is 5.45. The van der Waals surface area contributed by atoms with Gasteiger partial charge in [0.05, 0.1) is 11.5 Å². The molecule has 17 heavy (non-hydrogen) atoms. The first kappa shape index (κ1) is 10.4. The molecule has 1 atom stereocenters. The Morgan fingerprint density at radius 2 is 1.94 bits per heavy atom. The van der Waals surface area contributed by atoms with Crippen LogP contribution >= 0.6 is 0 Å². The van der Waals surface area contributed by atoms with Crippen molar-refractivity contribution in [2.45, 2.75) is 18.9 Å². The van der Waals surface area contributed by atoms with Crippen molar-refractivity contribution in [2.24, 2.45) is 11.1 Å². The van der Waals surface area contributed by atoms with Gasteiger partial charge in [0.25, 0.3) is 0 Å². The number of hydrogen-bond acceptors (Lipinski definition) is 4. The Bertz CT molecular complexity index is 489. The zero-order chi connectivity index (χ0) is 11.9. The van der Waals surface area contributed by atoms with E-state index in [4.69, 9.17) is 20.5 Å². The van der Waals surface area contributed by atoms with Crippen molar-refractivity contribution in [3.05, 3.63) is 23.8 Å². The molecule has 1 heterocycles. The van der Waals surface area contributed by atoms with Gasteiger partial charge in [-0.2, -0.15) is 5.26 Å². The first-order valence-electron chi connectivity index (χ1n) is 5.82. The molecule has 0 bridgehead atoms. The van der Waals surface area contributed by atoms with E-state index in [0.717, 1.165) is 29.9 Å². The molecule has 0 amide bonds. The molecule has 88 valence electrons. The Kier molecular flexibility index (Phi) is 2.23. The summed E-state index contributed by atoms with van der Waals surface area (Å²) in [6.45, 7) is 1.15. The summed E-state index contributed by atoms with van der Waals surface area (Å²) in [5.41, 5.74) is 6.75. The van der Waals surface area contributed by atoms with Crippen LogP contribution < -0.4 is 15.2 Å². The van der Waals surface area contributed by atoms with Crippen LogP contribution in [0.2, 0.25) is 0 Å². The monoisotopic (exact) mass is 230 g/mol. The summed E-state index contributed by atoms with van der Waals surface area (Å²) < 4.78 is 11.0. The summed E-state index contributed by atoms with van der Waals surface area (Å²) in [6, 6.07) is 7.80. The van der Waals surface area contributed by atoms with Gasteiger partial charge in [-0.05, 0) is 30.5 Å². The van der Waals surface area contributed by atoms with Crippen molar-refractivity contribution in [2.75, 3.05) is 13.2 Å². The summed E-state index contributed by atoms with van der Waals surface area (Å²) in [5, 5.41) is 9.14. The maximum atomic E-state index is 9.14. The molecule has 1 unspecified atom stereocenters. The maximum absolute atomic E-state index is 9.14. The minimum atomic E-state index is -0.357. The number of nitrogens with two attached hydrogens (primary N) is 1. The fourth-order valence-electron chi connectivity index (χ4n) is 2.20. The first-order chi connectivity index (χ1) is 8.25. The second-order valence-electron chi connectivity index (χ2n) is 4.65. The summed E-state index contributed by atoms with van der Waals surface area (Å²) in [6.07, 6.45) is 1.78. The fraction of sp³-hybridized carbons (Fsp3) is 0.462. The molecular weight excluding hydrogens is 216 g/mol. The minimum Gasteiger partial charge on any atom is -0.486 e. The topological polar surface area (TPSA) is 68.3 Å². The number of hydrogen-bond donors (Lipinski definition) is 1. The maximum Gasteiger partial charge on any atom is 0.161 e. The lowest BCUT2D eigenvalue weighted by atomic mass is 9.92. The largest absolute Gasteiger partial charge is 0.486 e. The second-order valence-corrected chi connectivity index (χ2v) is 4.65. The van der Waals surface area contributed by atoms with Crippen molar-refractivity contribution in [3.63, 3.8) is 0 Å². The first-order valence-corrected chi connectivity index (χ1v) is 5.82. The van der Waals surface area contributed by atoms with Gasteiger partial charge in [0, 0.05) is 6.04 Å². The van der Waals surface area contributed by atoms with Crippen LogP contribution in [0.3, 0.4) is 0 Å². The van der Waals surface area contributed by atoms with Crippen molar-refractivity contribution in [1.29, 1.82) is 5.26 Å². The zero-order valence-electron chi connectivity index (χ0n) is 9.48. The van der Waals surface area contributed by atoms with Gasteiger partial charge in [0.15, 0.2) is 11.5 Å². The van der Waals surface area contributed by atoms with Gasteiger partial charge in [-0.25, -0.2) is 0 Å². The number of nitriles is 1. The van der Waals surface area contributed by atoms with Crippen LogP contribution in [0.4, 0.5) is 0 Å². The van der Waals surface area contributed by atoms with Crippen molar-refractivity contribution < 1.29 is 9.47 Å². The van der Waals surface area contributed by atoms with E-state index in [0.29, 0.717) is 13.2 Å². The van der Waals surface area contributed by atoms with E-state index in [1.54, 1.807) is 0 Å². The van der Waals surface area contributed by atoms with Crippen LogP contribution in [0, 0.1) is 16.7 Å². The second kappa shape index (κ2) is 3.64. The highest BCUT2D eigenvalue weighted by Gasteiger charge is 2.49. The predicted molar refractivity (Wildman–Crippen MR) is 61.6 cm³/mol. The van der Waals surface area contributed by atoms with E-state index in [1.807, 2.05) is 18.2 Å². The molecule has 1 fully saturated rings. The van der Waals surface area contributed by atoms with E-state index in [2.05, 4.69) is 6.07 Å². The van der Waals surface area contributed by atoms with Crippen LogP contribution in [0.25, 0.3) is 0 Å². The Labute approximate surface area is 99.9 Å². The minimum absolute atomic E-state index is 0.233. The van der Waals surface area contributed by atoms with E-state index < -0.39 is 0 Å². The van der Waals surface area contributed by atoms with Crippen molar-refractivity contribution >= 4 is 0 Å². The lowest BCUT2D eigenvalue weighted by Crippen LogP contribution is -2.22. The SMILES string of the molecule is N#CC1(C(N)c2ccc3c(c2)OCCO3)CC1. The molecule has 2 aliphatic rings. The van der Waals surface area contributed by atoms with Crippen LogP contribution in [-0.4, -0.2) is 13.2 Å². The molecule has 0 spiro atoms. The Morgan fingerprint density at radius 1 is 1.24 bits per heavy atom. The molecule has 3 rings (SSSR count). The number of rotatable bonds is 2. The molecule has 4 heteroatoms. The normalized spacial score (nSPS) is 21.4. The van der Waals surface area contributed by atoms with Gasteiger partial charge in [0.1, 0.15) is 13.2 Å². The highest BCUT2D eigenvalue weighted by Crippen LogP contribution is 2.53. The number of ether oxygens (including phenoxy) is 2. The molecule has 4 nitrogen and oxygen atoms in total. The van der Waals surface area contributed by atoms with Crippen molar-refractivity contribution in [3.8, 4) is 17.6 Å². The van der Waals surface area contributed by atoms with Crippen molar-refractivity contribution in [1.82, 2.24) is 0 Å². The van der Waals surface area contributed by atoms with E-state index >= 15 is 0 Å². The number of nitrogens with zero attached hydrogens (tertiary/aromatic N) is 1. The molecule has 0 aromatic heterocycles. The van der Waals surface area contributed by atoms with Gasteiger partial charge >= 0.3 is 0 Å². The standard InChI is InChI=1S/C13H14N2O2/c14-8-13(3-4-13)12(15)9-1-2-10-11(7-9)17-6-5-16-10/h1-2,7,12H,3-6,15H2. The van der Waals surface area contributed by atoms with Gasteiger partial charge < -0.3 is 15.2 Å². The Balaban J connectivity index is 1.91. The van der Waals surface area contributed by atoms with Gasteiger partial charge in [-0.1, -0.05) is 6.07 Å². The molecule has 1 saturated carbocycles. The van der Waals surface area contributed by atoms with E-state index in [-0.39, 0.29) is 11.5 Å². The molecule has 1 aliphatic carbocycles. The van der Waals surface area contributed by atoms with Gasteiger partial charge in [-0.3, -0.25) is 0 Å². The van der Waals surface area contributed by atoms with Crippen LogP contribution in [0.5, 0.6) is 11.5 Å². The molecule has 1 aromatic carbocycles. The Morgan fingerprint density at radius 3 is 2.59 bits per heavy atom. The third-order valence-electron chi connectivity index (χ3n) is 3.53. The average Bonchev–Trinajstić information content (AvgIpc) is 3.18. The van der Waals surface area contributed by atoms with Gasteiger partial charge in [-0.15, -0.1) is 0 Å². The molecule has 0 saturated heterocycles. The predicted octanol–water partition coefficient (Wildman–Crippen LogP) is 1.76. The summed E-state index contributed by atoms with van der Waals surface area (Å²) in [7, 11) is 0. The number of benzene rings is 1. The molecule has 2 N–H and O–H groups in total. The van der Waals surface area contributed by atoms with E-state index in [1.165, 1.54) is 0 Å². The molecular formula is C13H14N2O2. The summed E-state index contributed by atoms with van der Waals surface area (Å²) >= 11 is 0. The van der Waals surface area contributed by atoms with E-state index in [9.17, 15) is 0 Å². The average molecular weight is 230 g/mol. The summed E-state index contributed by atoms with van der Waals surface area (Å²) in [5.74, 6) is 1.49. The molecule has 0 radical (unpaired) electrons. The van der Waals surface area contributed by atoms with Crippen LogP contribution in [-0.2, 0) is 0 Å². The fourth-order valence-corrected chi connectivity index (χ4v) is 2.20. The van der Waals surface area contributed by atoms with Gasteiger partial charge in [0.2, 0.25) is 0 Å². The third-order valence-corrected chi connectivity index (χ3v) is 3.53. The lowest BCUT2D eigenvalue weighted by molar-refractivity contribution is 0.171. The van der Waals surface area contributed by atoms with Crippen LogP contribution in [0.1, 0.15) is 24.4 Å². The zero-order valence-corrected chi connectivity index (χ0v) is 9.48. The lowest BCUT2D eigenvalue weighted by Gasteiger charge is -2.22. The number of fused-ring (bicyclic) bond motifs is 1. The highest BCUT2D eigenvalue weighted by atomic mass is 16.6. The molecule has 1 aliphatic heterocycles. The third kappa shape index (κ3) is 1.63. The smallest absolute Gasteiger partial charge is 0.161 e. The van der Waals surface area contributed by atoms with Crippen LogP contribution in [0.15, 0.2) is 18.2 Å². The molecule has 1 aromatic rings.